The monoisotopic (exact) mass is 633 g/mol. The summed E-state index contributed by atoms with van der Waals surface area (Å²) in [5, 5.41) is 50.8. The van der Waals surface area contributed by atoms with E-state index < -0.39 is 94.0 Å². The molecule has 1 aromatic carbocycles. The highest BCUT2D eigenvalue weighted by atomic mass is 16.6. The number of aliphatic hydroxyl groups is 4. The molecule has 7 rings (SSSR count). The van der Waals surface area contributed by atoms with Crippen molar-refractivity contribution in [1.29, 1.82) is 0 Å². The number of carbonyl (C=O) groups is 1. The van der Waals surface area contributed by atoms with E-state index in [2.05, 4.69) is 4.90 Å². The van der Waals surface area contributed by atoms with Crippen molar-refractivity contribution in [2.24, 2.45) is 28.6 Å². The van der Waals surface area contributed by atoms with Crippen LogP contribution < -0.4 is 0 Å². The third-order valence-corrected chi connectivity index (χ3v) is 13.3. The Morgan fingerprint density at radius 2 is 1.69 bits per heavy atom. The van der Waals surface area contributed by atoms with Gasteiger partial charge in [-0.15, -0.1) is 0 Å². The molecule has 1 heterocycles. The number of likely N-dealkylation sites (tertiary alicyclic amines) is 1. The van der Waals surface area contributed by atoms with Crippen LogP contribution in [0.2, 0.25) is 0 Å². The van der Waals surface area contributed by atoms with Crippen molar-refractivity contribution in [3.8, 4) is 0 Å². The predicted molar refractivity (Wildman–Crippen MR) is 157 cm³/mol. The normalized spacial score (nSPS) is 52.6. The van der Waals surface area contributed by atoms with E-state index in [4.69, 9.17) is 28.4 Å². The number of nitrogens with zero attached hydrogens (tertiary/aromatic N) is 1. The van der Waals surface area contributed by atoms with Gasteiger partial charge >= 0.3 is 5.97 Å². The molecule has 250 valence electrons. The molecule has 7 bridgehead atoms. The number of ether oxygens (including phenoxy) is 6. The lowest BCUT2D eigenvalue weighted by Gasteiger charge is -2.72. The van der Waals surface area contributed by atoms with Crippen LogP contribution in [0.25, 0.3) is 0 Å². The number of piperidine rings is 1. The number of benzene rings is 1. The van der Waals surface area contributed by atoms with E-state index in [9.17, 15) is 25.2 Å². The first-order chi connectivity index (χ1) is 21.5. The van der Waals surface area contributed by atoms with Gasteiger partial charge in [0.2, 0.25) is 0 Å². The van der Waals surface area contributed by atoms with Crippen LogP contribution in [0.15, 0.2) is 30.3 Å². The number of aliphatic hydroxyl groups excluding tert-OH is 2. The Morgan fingerprint density at radius 1 is 0.978 bits per heavy atom. The van der Waals surface area contributed by atoms with Crippen molar-refractivity contribution in [3.63, 3.8) is 0 Å². The van der Waals surface area contributed by atoms with E-state index in [1.165, 1.54) is 14.2 Å². The molecule has 6 aliphatic rings. The van der Waals surface area contributed by atoms with Gasteiger partial charge in [-0.25, -0.2) is 4.79 Å². The molecule has 0 amide bonds. The smallest absolute Gasteiger partial charge is 0.338 e. The van der Waals surface area contributed by atoms with Gasteiger partial charge in [-0.2, -0.15) is 0 Å². The van der Waals surface area contributed by atoms with Crippen LogP contribution in [-0.4, -0.2) is 146 Å². The number of hydrogen-bond donors (Lipinski definition) is 4. The van der Waals surface area contributed by atoms with Crippen LogP contribution >= 0.6 is 0 Å². The molecule has 0 radical (unpaired) electrons. The third-order valence-electron chi connectivity index (χ3n) is 13.3. The molecule has 1 aliphatic heterocycles. The van der Waals surface area contributed by atoms with Gasteiger partial charge < -0.3 is 48.8 Å². The third kappa shape index (κ3) is 3.34. The molecule has 15 atom stereocenters. The molecular formula is C33H47NO11. The van der Waals surface area contributed by atoms with Crippen LogP contribution in [0, 0.1) is 28.6 Å². The molecule has 1 unspecified atom stereocenters. The van der Waals surface area contributed by atoms with Crippen LogP contribution in [0.3, 0.4) is 0 Å². The van der Waals surface area contributed by atoms with Gasteiger partial charge in [0.15, 0.2) is 0 Å². The highest BCUT2D eigenvalue weighted by Gasteiger charge is 2.95. The SMILES string of the molecule is CCN1C[C@]2(COC)C(O)C[C@H](OC)[C@@]34[C@@H]2[C@@H](OC)[C@@H]([C@@H]13)[C@]1(OC)[C@H]2[C@@H](OC(=O)c3ccccc3)[C@@](O)(C[C@]24O)[C@@H](OC)[C@@H]1O. The van der Waals surface area contributed by atoms with E-state index in [0.29, 0.717) is 13.1 Å². The number of esters is 1. The molecule has 12 heteroatoms. The second kappa shape index (κ2) is 10.4. The Balaban J connectivity index is 1.54. The molecule has 1 spiro atoms. The van der Waals surface area contributed by atoms with Gasteiger partial charge in [0.25, 0.3) is 0 Å². The van der Waals surface area contributed by atoms with E-state index in [1.807, 2.05) is 6.92 Å². The Bertz CT molecular complexity index is 1320. The summed E-state index contributed by atoms with van der Waals surface area (Å²) in [7, 11) is 7.65. The summed E-state index contributed by atoms with van der Waals surface area (Å²) in [6.07, 6.45) is -6.31. The number of rotatable bonds is 9. The largest absolute Gasteiger partial charge is 0.455 e. The minimum atomic E-state index is -1.99. The van der Waals surface area contributed by atoms with Crippen molar-refractivity contribution in [1.82, 2.24) is 4.90 Å². The fraction of sp³-hybridized carbons (Fsp3) is 0.788. The van der Waals surface area contributed by atoms with Gasteiger partial charge in [0.1, 0.15) is 29.5 Å². The van der Waals surface area contributed by atoms with Crippen LogP contribution in [0.1, 0.15) is 30.1 Å². The number of hydrogen-bond acceptors (Lipinski definition) is 12. The predicted octanol–water partition coefficient (Wildman–Crippen LogP) is -0.154. The first-order valence-corrected chi connectivity index (χ1v) is 15.9. The molecule has 0 aromatic heterocycles. The highest BCUT2D eigenvalue weighted by molar-refractivity contribution is 5.89. The Labute approximate surface area is 263 Å². The van der Waals surface area contributed by atoms with Crippen LogP contribution in [0.5, 0.6) is 0 Å². The van der Waals surface area contributed by atoms with E-state index in [-0.39, 0.29) is 25.0 Å². The summed E-state index contributed by atoms with van der Waals surface area (Å²) in [4.78, 5) is 15.9. The average molecular weight is 634 g/mol. The van der Waals surface area contributed by atoms with Gasteiger partial charge in [-0.05, 0) is 18.7 Å². The van der Waals surface area contributed by atoms with Crippen LogP contribution in [-0.2, 0) is 28.4 Å². The first-order valence-electron chi connectivity index (χ1n) is 15.9. The molecule has 6 fully saturated rings. The summed E-state index contributed by atoms with van der Waals surface area (Å²) in [6.45, 7) is 3.23. The lowest BCUT2D eigenvalue weighted by molar-refractivity contribution is -0.358. The van der Waals surface area contributed by atoms with Gasteiger partial charge in [0.05, 0.1) is 42.0 Å². The molecule has 1 saturated heterocycles. The number of carbonyl (C=O) groups excluding carboxylic acids is 1. The first kappa shape index (κ1) is 31.9. The average Bonchev–Trinajstić information content (AvgIpc) is 3.38. The van der Waals surface area contributed by atoms with Crippen molar-refractivity contribution in [2.45, 2.75) is 79.2 Å². The summed E-state index contributed by atoms with van der Waals surface area (Å²) in [6, 6.07) is 8.01. The topological polar surface area (TPSA) is 157 Å². The molecule has 45 heavy (non-hydrogen) atoms. The van der Waals surface area contributed by atoms with Crippen molar-refractivity contribution in [3.05, 3.63) is 35.9 Å². The van der Waals surface area contributed by atoms with Gasteiger partial charge in [-0.3, -0.25) is 4.90 Å². The lowest BCUT2D eigenvalue weighted by atomic mass is 9.40. The van der Waals surface area contributed by atoms with Gasteiger partial charge in [0, 0.05) is 83.6 Å². The summed E-state index contributed by atoms with van der Waals surface area (Å²) < 4.78 is 37.2. The van der Waals surface area contributed by atoms with E-state index in [1.54, 1.807) is 51.7 Å². The van der Waals surface area contributed by atoms with E-state index >= 15 is 0 Å². The van der Waals surface area contributed by atoms with Gasteiger partial charge in [-0.1, -0.05) is 25.1 Å². The van der Waals surface area contributed by atoms with Crippen LogP contribution in [0.4, 0.5) is 0 Å². The zero-order chi connectivity index (χ0) is 32.3. The lowest BCUT2D eigenvalue weighted by Crippen LogP contribution is -2.85. The second-order valence-electron chi connectivity index (χ2n) is 14.2. The molecule has 5 aliphatic carbocycles. The fourth-order valence-electron chi connectivity index (χ4n) is 12.3. The maximum atomic E-state index is 13.7. The molecule has 1 aromatic rings. The number of methoxy groups -OCH3 is 5. The molecule has 4 N–H and O–H groups in total. The Hall–Kier alpha value is -1.71. The van der Waals surface area contributed by atoms with E-state index in [0.717, 1.165) is 0 Å². The Morgan fingerprint density at radius 3 is 2.27 bits per heavy atom. The second-order valence-corrected chi connectivity index (χ2v) is 14.2. The van der Waals surface area contributed by atoms with Crippen molar-refractivity contribution < 1.29 is 53.6 Å². The Kier molecular flexibility index (Phi) is 7.36. The zero-order valence-electron chi connectivity index (χ0n) is 26.8. The maximum absolute atomic E-state index is 13.7. The molecule has 12 nitrogen and oxygen atoms in total. The maximum Gasteiger partial charge on any atom is 0.338 e. The zero-order valence-corrected chi connectivity index (χ0v) is 26.8. The minimum absolute atomic E-state index is 0.188. The standard InChI is InChI=1S/C33H47NO11/c1-7-34-15-29(16-40-2)18(35)13-19(41-3)32-22(29)21(42-4)20(24(32)34)33(44-6)23-26(45-28(37)17-11-9-8-10-12-17)30(38,14-31(23,32)39)27(43-5)25(33)36/h8-12,18-27,35-36,38-39H,7,13-16H2,1-6H3/t18?,19-,20-,21-,22+,23-,24+,25-,26+,27-,29-,30-,31-,32+,33-/m0/s1. The summed E-state index contributed by atoms with van der Waals surface area (Å²) >= 11 is 0. The highest BCUT2D eigenvalue weighted by Crippen LogP contribution is 2.81. The fourth-order valence-corrected chi connectivity index (χ4v) is 12.3. The summed E-state index contributed by atoms with van der Waals surface area (Å²) in [5.74, 6) is -2.93. The molecule has 5 saturated carbocycles. The van der Waals surface area contributed by atoms with Crippen molar-refractivity contribution in [2.75, 3.05) is 55.2 Å². The van der Waals surface area contributed by atoms with Crippen molar-refractivity contribution >= 4 is 5.97 Å². The quantitative estimate of drug-likeness (QED) is 0.267. The summed E-state index contributed by atoms with van der Waals surface area (Å²) in [5.41, 5.74) is -7.21. The minimum Gasteiger partial charge on any atom is -0.455 e. The number of fused-ring (bicyclic) bond motifs is 2. The molecular weight excluding hydrogens is 586 g/mol.